The molecule has 0 saturated heterocycles. The van der Waals surface area contributed by atoms with Gasteiger partial charge in [-0.15, -0.1) is 0 Å². The summed E-state index contributed by atoms with van der Waals surface area (Å²) >= 11 is 6.31. The van der Waals surface area contributed by atoms with Crippen molar-refractivity contribution in [2.24, 2.45) is 0 Å². The standard InChI is InChI=1S/C17H18ClNO2/c1-10-4-5-13(11(2)6-10)12(3)19-15-8-17-16(7-14(15)18)20-9-21-17/h4-8,12,19H,9H2,1-3H3. The molecule has 1 N–H and O–H groups in total. The van der Waals surface area contributed by atoms with Crippen LogP contribution in [0.3, 0.4) is 0 Å². The maximum atomic E-state index is 6.31. The molecule has 0 bridgehead atoms. The summed E-state index contributed by atoms with van der Waals surface area (Å²) in [5, 5.41) is 4.08. The van der Waals surface area contributed by atoms with Gasteiger partial charge in [0.2, 0.25) is 6.79 Å². The maximum absolute atomic E-state index is 6.31. The summed E-state index contributed by atoms with van der Waals surface area (Å²) < 4.78 is 10.7. The Kier molecular flexibility index (Phi) is 3.68. The number of nitrogens with one attached hydrogen (secondary N) is 1. The predicted molar refractivity (Wildman–Crippen MR) is 85.5 cm³/mol. The highest BCUT2D eigenvalue weighted by Crippen LogP contribution is 2.40. The van der Waals surface area contributed by atoms with E-state index in [1.165, 1.54) is 16.7 Å². The molecule has 1 unspecified atom stereocenters. The fourth-order valence-corrected chi connectivity index (χ4v) is 2.86. The molecule has 1 atom stereocenters. The first kappa shape index (κ1) is 14.1. The molecule has 0 aromatic heterocycles. The van der Waals surface area contributed by atoms with Crippen molar-refractivity contribution in [2.75, 3.05) is 12.1 Å². The van der Waals surface area contributed by atoms with Gasteiger partial charge in [-0.2, -0.15) is 0 Å². The second-order valence-electron chi connectivity index (χ2n) is 5.41. The van der Waals surface area contributed by atoms with Crippen molar-refractivity contribution in [2.45, 2.75) is 26.8 Å². The van der Waals surface area contributed by atoms with Crippen molar-refractivity contribution in [3.63, 3.8) is 0 Å². The zero-order chi connectivity index (χ0) is 15.0. The summed E-state index contributed by atoms with van der Waals surface area (Å²) in [6.07, 6.45) is 0. The number of fused-ring (bicyclic) bond motifs is 1. The molecule has 3 rings (SSSR count). The average molecular weight is 304 g/mol. The highest BCUT2D eigenvalue weighted by molar-refractivity contribution is 6.33. The largest absolute Gasteiger partial charge is 0.454 e. The van der Waals surface area contributed by atoms with Crippen LogP contribution in [-0.2, 0) is 0 Å². The highest BCUT2D eigenvalue weighted by Gasteiger charge is 2.18. The fraction of sp³-hybridized carbons (Fsp3) is 0.294. The van der Waals surface area contributed by atoms with Crippen molar-refractivity contribution >= 4 is 17.3 Å². The second-order valence-corrected chi connectivity index (χ2v) is 5.82. The molecular formula is C17H18ClNO2. The molecule has 0 radical (unpaired) electrons. The Balaban J connectivity index is 1.86. The van der Waals surface area contributed by atoms with Gasteiger partial charge in [0, 0.05) is 18.2 Å². The lowest BCUT2D eigenvalue weighted by Crippen LogP contribution is -2.08. The Morgan fingerprint density at radius 1 is 1.10 bits per heavy atom. The van der Waals surface area contributed by atoms with E-state index in [9.17, 15) is 0 Å². The number of aryl methyl sites for hydroxylation is 2. The van der Waals surface area contributed by atoms with Crippen LogP contribution in [0.5, 0.6) is 11.5 Å². The van der Waals surface area contributed by atoms with Crippen molar-refractivity contribution < 1.29 is 9.47 Å². The van der Waals surface area contributed by atoms with Crippen LogP contribution >= 0.6 is 11.6 Å². The Morgan fingerprint density at radius 2 is 1.81 bits per heavy atom. The van der Waals surface area contributed by atoms with E-state index in [0.717, 1.165) is 11.4 Å². The van der Waals surface area contributed by atoms with Crippen molar-refractivity contribution in [3.05, 3.63) is 52.0 Å². The van der Waals surface area contributed by atoms with E-state index in [1.54, 1.807) is 6.07 Å². The fourth-order valence-electron chi connectivity index (χ4n) is 2.65. The Bertz CT molecular complexity index is 685. The third kappa shape index (κ3) is 2.79. The summed E-state index contributed by atoms with van der Waals surface area (Å²) in [6, 6.07) is 10.3. The minimum absolute atomic E-state index is 0.156. The number of hydrogen-bond acceptors (Lipinski definition) is 3. The van der Waals surface area contributed by atoms with Crippen LogP contribution in [0, 0.1) is 13.8 Å². The Hall–Kier alpha value is -1.87. The van der Waals surface area contributed by atoms with Gasteiger partial charge in [-0.25, -0.2) is 0 Å². The SMILES string of the molecule is Cc1ccc(C(C)Nc2cc3c(cc2Cl)OCO3)c(C)c1. The smallest absolute Gasteiger partial charge is 0.231 e. The average Bonchev–Trinajstić information content (AvgIpc) is 2.86. The molecule has 0 aliphatic carbocycles. The zero-order valence-corrected chi connectivity index (χ0v) is 13.1. The molecule has 0 spiro atoms. The Labute approximate surface area is 129 Å². The molecule has 4 heteroatoms. The van der Waals surface area contributed by atoms with Crippen LogP contribution in [0.4, 0.5) is 5.69 Å². The first-order valence-electron chi connectivity index (χ1n) is 6.97. The van der Waals surface area contributed by atoms with E-state index in [-0.39, 0.29) is 12.8 Å². The maximum Gasteiger partial charge on any atom is 0.231 e. The monoisotopic (exact) mass is 303 g/mol. The summed E-state index contributed by atoms with van der Waals surface area (Å²) in [6.45, 7) is 6.60. The van der Waals surface area contributed by atoms with Gasteiger partial charge in [0.05, 0.1) is 10.7 Å². The number of benzene rings is 2. The van der Waals surface area contributed by atoms with E-state index in [2.05, 4.69) is 44.3 Å². The van der Waals surface area contributed by atoms with E-state index in [0.29, 0.717) is 10.8 Å². The minimum Gasteiger partial charge on any atom is -0.454 e. The lowest BCUT2D eigenvalue weighted by molar-refractivity contribution is 0.174. The molecule has 2 aromatic rings. The molecule has 21 heavy (non-hydrogen) atoms. The third-order valence-electron chi connectivity index (χ3n) is 3.73. The molecule has 0 amide bonds. The molecule has 110 valence electrons. The predicted octanol–water partition coefficient (Wildman–Crippen LogP) is 4.86. The number of rotatable bonds is 3. The normalized spacial score (nSPS) is 14.1. The van der Waals surface area contributed by atoms with Gasteiger partial charge in [0.15, 0.2) is 11.5 Å². The number of ether oxygens (including phenoxy) is 2. The molecule has 2 aromatic carbocycles. The van der Waals surface area contributed by atoms with Crippen molar-refractivity contribution in [3.8, 4) is 11.5 Å². The first-order chi connectivity index (χ1) is 10.0. The van der Waals surface area contributed by atoms with E-state index >= 15 is 0 Å². The van der Waals surface area contributed by atoms with E-state index < -0.39 is 0 Å². The topological polar surface area (TPSA) is 30.5 Å². The summed E-state index contributed by atoms with van der Waals surface area (Å²) in [7, 11) is 0. The van der Waals surface area contributed by atoms with Crippen LogP contribution in [-0.4, -0.2) is 6.79 Å². The lowest BCUT2D eigenvalue weighted by Gasteiger charge is -2.19. The molecule has 3 nitrogen and oxygen atoms in total. The third-order valence-corrected chi connectivity index (χ3v) is 4.04. The first-order valence-corrected chi connectivity index (χ1v) is 7.35. The lowest BCUT2D eigenvalue weighted by atomic mass is 10.00. The summed E-state index contributed by atoms with van der Waals surface area (Å²) in [5.74, 6) is 1.43. The molecule has 1 aliphatic rings. The van der Waals surface area contributed by atoms with Gasteiger partial charge >= 0.3 is 0 Å². The van der Waals surface area contributed by atoms with Crippen LogP contribution in [0.2, 0.25) is 5.02 Å². The van der Waals surface area contributed by atoms with Gasteiger partial charge in [0.1, 0.15) is 0 Å². The second kappa shape index (κ2) is 5.49. The van der Waals surface area contributed by atoms with Gasteiger partial charge in [-0.3, -0.25) is 0 Å². The van der Waals surface area contributed by atoms with E-state index in [4.69, 9.17) is 21.1 Å². The summed E-state index contributed by atoms with van der Waals surface area (Å²) in [4.78, 5) is 0. The summed E-state index contributed by atoms with van der Waals surface area (Å²) in [5.41, 5.74) is 4.65. The number of halogens is 1. The van der Waals surface area contributed by atoms with Gasteiger partial charge in [-0.1, -0.05) is 35.4 Å². The number of hydrogen-bond donors (Lipinski definition) is 1. The highest BCUT2D eigenvalue weighted by atomic mass is 35.5. The molecule has 1 aliphatic heterocycles. The van der Waals surface area contributed by atoms with Crippen molar-refractivity contribution in [1.29, 1.82) is 0 Å². The van der Waals surface area contributed by atoms with Gasteiger partial charge in [-0.05, 0) is 31.9 Å². The van der Waals surface area contributed by atoms with E-state index in [1.807, 2.05) is 6.07 Å². The zero-order valence-electron chi connectivity index (χ0n) is 12.4. The quantitative estimate of drug-likeness (QED) is 0.878. The van der Waals surface area contributed by atoms with Crippen LogP contribution < -0.4 is 14.8 Å². The molecule has 0 saturated carbocycles. The van der Waals surface area contributed by atoms with Crippen LogP contribution in [0.25, 0.3) is 0 Å². The van der Waals surface area contributed by atoms with Gasteiger partial charge < -0.3 is 14.8 Å². The molecular weight excluding hydrogens is 286 g/mol. The Morgan fingerprint density at radius 3 is 2.52 bits per heavy atom. The van der Waals surface area contributed by atoms with Gasteiger partial charge in [0.25, 0.3) is 0 Å². The molecule has 0 fully saturated rings. The minimum atomic E-state index is 0.156. The van der Waals surface area contributed by atoms with Crippen molar-refractivity contribution in [1.82, 2.24) is 0 Å². The van der Waals surface area contributed by atoms with Crippen LogP contribution in [0.15, 0.2) is 30.3 Å². The van der Waals surface area contributed by atoms with Crippen LogP contribution in [0.1, 0.15) is 29.7 Å². The number of anilines is 1. The molecule has 1 heterocycles.